The van der Waals surface area contributed by atoms with Crippen LogP contribution in [0.1, 0.15) is 11.5 Å². The fourth-order valence-electron chi connectivity index (χ4n) is 2.97. The minimum atomic E-state index is -0.226. The Hall–Kier alpha value is -2.90. The largest absolute Gasteiger partial charge is 0.464 e. The molecule has 6 nitrogen and oxygen atoms in total. The summed E-state index contributed by atoms with van der Waals surface area (Å²) in [6.45, 7) is 2.12. The van der Waals surface area contributed by atoms with Crippen molar-refractivity contribution in [2.24, 2.45) is 0 Å². The number of hydrogen-bond donors (Lipinski definition) is 0. The van der Waals surface area contributed by atoms with Gasteiger partial charge in [-0.2, -0.15) is 0 Å². The summed E-state index contributed by atoms with van der Waals surface area (Å²) in [5, 5.41) is 0.655. The number of benzene rings is 1. The molecule has 29 heavy (non-hydrogen) atoms. The molecule has 0 fully saturated rings. The van der Waals surface area contributed by atoms with Gasteiger partial charge in [0.2, 0.25) is 5.91 Å². The van der Waals surface area contributed by atoms with Gasteiger partial charge in [0.05, 0.1) is 18.4 Å². The lowest BCUT2D eigenvalue weighted by atomic mass is 10.2. The van der Waals surface area contributed by atoms with Crippen LogP contribution in [0.15, 0.2) is 58.0 Å². The molecule has 1 aromatic carbocycles. The van der Waals surface area contributed by atoms with E-state index in [-0.39, 0.29) is 18.0 Å². The summed E-state index contributed by atoms with van der Waals surface area (Å²) in [5.74, 6) is 1.29. The second kappa shape index (κ2) is 7.85. The Labute approximate surface area is 176 Å². The quantitative estimate of drug-likeness (QED) is 0.475. The fourth-order valence-corrected chi connectivity index (χ4v) is 4.16. The van der Waals surface area contributed by atoms with Gasteiger partial charge in [-0.15, -0.1) is 11.3 Å². The highest BCUT2D eigenvalue weighted by molar-refractivity contribution is 7.22. The summed E-state index contributed by atoms with van der Waals surface area (Å²) >= 11 is 7.30. The van der Waals surface area contributed by atoms with Crippen LogP contribution < -0.4 is 5.56 Å². The predicted molar refractivity (Wildman–Crippen MR) is 114 cm³/mol. The number of rotatable bonds is 5. The van der Waals surface area contributed by atoms with E-state index in [1.165, 1.54) is 27.1 Å². The number of carbonyl (C=O) groups is 1. The van der Waals surface area contributed by atoms with Crippen LogP contribution in [0.5, 0.6) is 0 Å². The lowest BCUT2D eigenvalue weighted by Gasteiger charge is -2.16. The van der Waals surface area contributed by atoms with Crippen molar-refractivity contribution < 1.29 is 9.21 Å². The number of halogens is 1. The fraction of sp³-hybridized carbons (Fsp3) is 0.190. The van der Waals surface area contributed by atoms with Crippen LogP contribution in [-0.4, -0.2) is 27.4 Å². The monoisotopic (exact) mass is 427 g/mol. The zero-order valence-corrected chi connectivity index (χ0v) is 17.5. The third-order valence-corrected chi connectivity index (χ3v) is 5.97. The molecule has 148 valence electrons. The van der Waals surface area contributed by atoms with Gasteiger partial charge in [0.1, 0.15) is 22.8 Å². The number of nitrogens with zero attached hydrogens (tertiary/aromatic N) is 3. The van der Waals surface area contributed by atoms with Crippen LogP contribution in [0, 0.1) is 6.92 Å². The number of hydrogen-bond acceptors (Lipinski definition) is 5. The third kappa shape index (κ3) is 4.11. The lowest BCUT2D eigenvalue weighted by molar-refractivity contribution is -0.131. The Kier molecular flexibility index (Phi) is 5.25. The molecule has 3 heterocycles. The summed E-state index contributed by atoms with van der Waals surface area (Å²) in [6.07, 6.45) is 1.42. The van der Waals surface area contributed by atoms with E-state index in [2.05, 4.69) is 4.98 Å². The summed E-state index contributed by atoms with van der Waals surface area (Å²) in [7, 11) is 1.68. The van der Waals surface area contributed by atoms with Crippen molar-refractivity contribution in [3.05, 3.63) is 75.7 Å². The molecule has 8 heteroatoms. The summed E-state index contributed by atoms with van der Waals surface area (Å²) in [4.78, 5) is 32.2. The highest BCUT2D eigenvalue weighted by Gasteiger charge is 2.15. The lowest BCUT2D eigenvalue weighted by Crippen LogP contribution is -2.33. The van der Waals surface area contributed by atoms with Crippen LogP contribution in [-0.2, 0) is 17.9 Å². The Morgan fingerprint density at radius 3 is 2.69 bits per heavy atom. The molecule has 0 atom stereocenters. The highest BCUT2D eigenvalue weighted by Crippen LogP contribution is 2.31. The number of thiophene rings is 1. The first kappa shape index (κ1) is 19.4. The molecule has 0 aliphatic rings. The van der Waals surface area contributed by atoms with Crippen LogP contribution >= 0.6 is 22.9 Å². The summed E-state index contributed by atoms with van der Waals surface area (Å²) < 4.78 is 7.37. The normalized spacial score (nSPS) is 11.1. The van der Waals surface area contributed by atoms with Gasteiger partial charge in [-0.05, 0) is 42.8 Å². The van der Waals surface area contributed by atoms with Crippen molar-refractivity contribution in [1.29, 1.82) is 0 Å². The van der Waals surface area contributed by atoms with Gasteiger partial charge in [-0.3, -0.25) is 14.2 Å². The van der Waals surface area contributed by atoms with Crippen LogP contribution in [0.2, 0.25) is 5.02 Å². The number of fused-ring (bicyclic) bond motifs is 1. The van der Waals surface area contributed by atoms with Gasteiger partial charge >= 0.3 is 0 Å². The first-order valence-corrected chi connectivity index (χ1v) is 10.1. The smallest absolute Gasteiger partial charge is 0.271 e. The molecule has 1 amide bonds. The van der Waals surface area contributed by atoms with Crippen molar-refractivity contribution >= 4 is 39.1 Å². The van der Waals surface area contributed by atoms with Crippen molar-refractivity contribution in [1.82, 2.24) is 14.5 Å². The van der Waals surface area contributed by atoms with Gasteiger partial charge in [-0.1, -0.05) is 23.7 Å². The van der Waals surface area contributed by atoms with Crippen molar-refractivity contribution in [3.8, 4) is 10.4 Å². The number of likely N-dealkylation sites (N-methyl/N-ethyl adjacent to an activating group) is 1. The minimum Gasteiger partial charge on any atom is -0.464 e. The second-order valence-corrected chi connectivity index (χ2v) is 8.26. The maximum absolute atomic E-state index is 12.9. The molecule has 0 aliphatic heterocycles. The van der Waals surface area contributed by atoms with Crippen molar-refractivity contribution in [2.75, 3.05) is 7.05 Å². The average Bonchev–Trinajstić information content (AvgIpc) is 3.31. The first-order chi connectivity index (χ1) is 13.9. The van der Waals surface area contributed by atoms with Crippen LogP contribution in [0.4, 0.5) is 0 Å². The number of aryl methyl sites for hydroxylation is 1. The van der Waals surface area contributed by atoms with E-state index in [1.54, 1.807) is 7.05 Å². The molecule has 0 unspecified atom stereocenters. The van der Waals surface area contributed by atoms with Crippen LogP contribution in [0.3, 0.4) is 0 Å². The zero-order chi connectivity index (χ0) is 20.5. The third-order valence-electron chi connectivity index (χ3n) is 4.55. The van der Waals surface area contributed by atoms with Gasteiger partial charge < -0.3 is 9.32 Å². The van der Waals surface area contributed by atoms with E-state index in [9.17, 15) is 9.59 Å². The van der Waals surface area contributed by atoms with Gasteiger partial charge in [0.15, 0.2) is 0 Å². The molecule has 4 rings (SSSR count). The maximum Gasteiger partial charge on any atom is 0.271 e. The van der Waals surface area contributed by atoms with E-state index >= 15 is 0 Å². The van der Waals surface area contributed by atoms with Crippen molar-refractivity contribution in [3.63, 3.8) is 0 Å². The molecular weight excluding hydrogens is 410 g/mol. The van der Waals surface area contributed by atoms with Crippen LogP contribution in [0.25, 0.3) is 20.7 Å². The van der Waals surface area contributed by atoms with Gasteiger partial charge in [-0.25, -0.2) is 4.98 Å². The topological polar surface area (TPSA) is 68.3 Å². The van der Waals surface area contributed by atoms with E-state index in [4.69, 9.17) is 16.0 Å². The highest BCUT2D eigenvalue weighted by atomic mass is 35.5. The summed E-state index contributed by atoms with van der Waals surface area (Å²) in [5.41, 5.74) is 1.36. The van der Waals surface area contributed by atoms with E-state index in [0.29, 0.717) is 27.5 Å². The molecule has 0 radical (unpaired) electrons. The first-order valence-electron chi connectivity index (χ1n) is 8.95. The number of aromatic nitrogens is 2. The average molecular weight is 428 g/mol. The molecule has 4 aromatic rings. The standard InChI is InChI=1S/C21H18ClN3O3S/c1-13-3-8-16(28-13)10-24(2)19(26)11-25-12-23-17-9-18(29-20(17)21(25)27)14-4-6-15(22)7-5-14/h3-9,12H,10-11H2,1-2H3. The molecule has 0 N–H and O–H groups in total. The number of furan rings is 1. The number of amides is 1. The Balaban J connectivity index is 1.56. The Bertz CT molecular complexity index is 1240. The predicted octanol–water partition coefficient (Wildman–Crippen LogP) is 4.34. The van der Waals surface area contributed by atoms with E-state index < -0.39 is 0 Å². The Morgan fingerprint density at radius 2 is 2.00 bits per heavy atom. The molecule has 0 saturated carbocycles. The van der Waals surface area contributed by atoms with E-state index in [1.807, 2.05) is 49.4 Å². The van der Waals surface area contributed by atoms with Gasteiger partial charge in [0, 0.05) is 16.9 Å². The van der Waals surface area contributed by atoms with E-state index in [0.717, 1.165) is 16.2 Å². The second-order valence-electron chi connectivity index (χ2n) is 6.77. The molecule has 0 aliphatic carbocycles. The molecular formula is C21H18ClN3O3S. The summed E-state index contributed by atoms with van der Waals surface area (Å²) in [6, 6.07) is 13.0. The maximum atomic E-state index is 12.9. The SMILES string of the molecule is Cc1ccc(CN(C)C(=O)Cn2cnc3cc(-c4ccc(Cl)cc4)sc3c2=O)o1. The molecule has 0 bridgehead atoms. The molecule has 3 aromatic heterocycles. The molecule has 0 spiro atoms. The Morgan fingerprint density at radius 1 is 1.24 bits per heavy atom. The van der Waals surface area contributed by atoms with Crippen molar-refractivity contribution in [2.45, 2.75) is 20.0 Å². The number of carbonyl (C=O) groups excluding carboxylic acids is 1. The van der Waals surface area contributed by atoms with Gasteiger partial charge in [0.25, 0.3) is 5.56 Å². The molecule has 0 saturated heterocycles. The zero-order valence-electron chi connectivity index (χ0n) is 15.9. The minimum absolute atomic E-state index is 0.0772.